The molecular weight excluding hydrogens is 330 g/mol. The third-order valence-corrected chi connectivity index (χ3v) is 4.62. The zero-order valence-electron chi connectivity index (χ0n) is 13.6. The van der Waals surface area contributed by atoms with Crippen molar-refractivity contribution in [1.82, 2.24) is 9.97 Å². The highest BCUT2D eigenvalue weighted by molar-refractivity contribution is 7.13. The fraction of sp³-hybridized carbons (Fsp3) is 0.0500. The molecule has 2 heterocycles. The molecule has 0 atom stereocenters. The van der Waals surface area contributed by atoms with Crippen LogP contribution in [0.3, 0.4) is 0 Å². The average Bonchev–Trinajstić information content (AvgIpc) is 3.13. The number of aromatic nitrogens is 2. The fourth-order valence-corrected chi connectivity index (χ4v) is 3.29. The molecule has 4 aromatic rings. The van der Waals surface area contributed by atoms with Gasteiger partial charge in [0.2, 0.25) is 0 Å². The van der Waals surface area contributed by atoms with Crippen molar-refractivity contribution in [1.29, 1.82) is 0 Å². The lowest BCUT2D eigenvalue weighted by molar-refractivity contribution is 0.102. The number of carbonyl (C=O) groups is 1. The molecule has 0 aliphatic heterocycles. The number of amides is 1. The zero-order chi connectivity index (χ0) is 17.2. The molecule has 4 rings (SSSR count). The van der Waals surface area contributed by atoms with Gasteiger partial charge in [-0.2, -0.15) is 0 Å². The molecule has 0 saturated carbocycles. The Labute approximate surface area is 149 Å². The van der Waals surface area contributed by atoms with Crippen LogP contribution in [0.1, 0.15) is 15.9 Å². The minimum absolute atomic E-state index is 0.178. The highest BCUT2D eigenvalue weighted by Gasteiger charge is 2.15. The van der Waals surface area contributed by atoms with Crippen molar-refractivity contribution in [2.45, 2.75) is 6.92 Å². The third-order valence-electron chi connectivity index (χ3n) is 3.93. The molecule has 2 aromatic carbocycles. The van der Waals surface area contributed by atoms with E-state index in [1.54, 1.807) is 6.20 Å². The van der Waals surface area contributed by atoms with Crippen LogP contribution >= 0.6 is 11.3 Å². The molecule has 4 nitrogen and oxygen atoms in total. The Morgan fingerprint density at radius 1 is 1.08 bits per heavy atom. The number of benzene rings is 2. The van der Waals surface area contributed by atoms with Gasteiger partial charge in [-0.1, -0.05) is 42.0 Å². The van der Waals surface area contributed by atoms with E-state index in [4.69, 9.17) is 4.98 Å². The van der Waals surface area contributed by atoms with E-state index in [1.165, 1.54) is 11.3 Å². The molecule has 0 fully saturated rings. The van der Waals surface area contributed by atoms with Crippen molar-refractivity contribution in [3.63, 3.8) is 0 Å². The molecule has 1 N–H and O–H groups in total. The number of carbonyl (C=O) groups excluding carboxylic acids is 1. The number of pyridine rings is 1. The Morgan fingerprint density at radius 2 is 1.96 bits per heavy atom. The molecule has 1 amide bonds. The lowest BCUT2D eigenvalue weighted by Gasteiger charge is -2.10. The standard InChI is InChI=1S/C20H15N3OS/c1-13-5-4-6-14(11-13)18-12-16(15-7-2-3-8-17(15)22-18)19(24)23-20-21-9-10-25-20/h2-12H,1H3,(H,21,23,24). The van der Waals surface area contributed by atoms with Gasteiger partial charge in [-0.15, -0.1) is 11.3 Å². The molecule has 5 heteroatoms. The second-order valence-corrected chi connectivity index (χ2v) is 6.63. The molecule has 122 valence electrons. The first-order valence-corrected chi connectivity index (χ1v) is 8.76. The van der Waals surface area contributed by atoms with Crippen LogP contribution in [-0.4, -0.2) is 15.9 Å². The Kier molecular flexibility index (Phi) is 3.99. The molecule has 0 radical (unpaired) electrons. The van der Waals surface area contributed by atoms with Crippen molar-refractivity contribution < 1.29 is 4.79 Å². The number of nitrogens with one attached hydrogen (secondary N) is 1. The number of fused-ring (bicyclic) bond motifs is 1. The highest BCUT2D eigenvalue weighted by Crippen LogP contribution is 2.26. The molecule has 0 aliphatic rings. The van der Waals surface area contributed by atoms with Crippen LogP contribution in [0.15, 0.2) is 66.2 Å². The summed E-state index contributed by atoms with van der Waals surface area (Å²) >= 11 is 1.40. The van der Waals surface area contributed by atoms with Crippen molar-refractivity contribution in [2.75, 3.05) is 5.32 Å². The van der Waals surface area contributed by atoms with Gasteiger partial charge >= 0.3 is 0 Å². The quantitative estimate of drug-likeness (QED) is 0.573. The first kappa shape index (κ1) is 15.5. The molecule has 2 aromatic heterocycles. The largest absolute Gasteiger partial charge is 0.298 e. The minimum atomic E-state index is -0.178. The van der Waals surface area contributed by atoms with Gasteiger partial charge in [0.25, 0.3) is 5.91 Å². The minimum Gasteiger partial charge on any atom is -0.298 e. The van der Waals surface area contributed by atoms with Gasteiger partial charge in [0, 0.05) is 22.5 Å². The number of aryl methyl sites for hydroxylation is 1. The molecule has 0 saturated heterocycles. The topological polar surface area (TPSA) is 54.9 Å². The van der Waals surface area contributed by atoms with Crippen LogP contribution in [0.25, 0.3) is 22.2 Å². The van der Waals surface area contributed by atoms with Crippen LogP contribution in [0.2, 0.25) is 0 Å². The maximum atomic E-state index is 12.8. The second-order valence-electron chi connectivity index (χ2n) is 5.73. The Balaban J connectivity index is 1.85. The number of anilines is 1. The van der Waals surface area contributed by atoms with Gasteiger partial charge in [0.1, 0.15) is 0 Å². The van der Waals surface area contributed by atoms with Crippen LogP contribution < -0.4 is 5.32 Å². The van der Waals surface area contributed by atoms with E-state index in [0.29, 0.717) is 10.7 Å². The van der Waals surface area contributed by atoms with E-state index >= 15 is 0 Å². The van der Waals surface area contributed by atoms with E-state index in [1.807, 2.05) is 60.8 Å². The molecule has 0 aliphatic carbocycles. The van der Waals surface area contributed by atoms with Gasteiger partial charge in [0.05, 0.1) is 16.8 Å². The van der Waals surface area contributed by atoms with E-state index in [2.05, 4.69) is 16.4 Å². The van der Waals surface area contributed by atoms with E-state index < -0.39 is 0 Å². The van der Waals surface area contributed by atoms with Crippen molar-refractivity contribution >= 4 is 33.3 Å². The normalized spacial score (nSPS) is 10.8. The summed E-state index contributed by atoms with van der Waals surface area (Å²) in [6.45, 7) is 2.04. The Hall–Kier alpha value is -3.05. The van der Waals surface area contributed by atoms with Gasteiger partial charge in [-0.25, -0.2) is 9.97 Å². The first-order chi connectivity index (χ1) is 12.2. The van der Waals surface area contributed by atoms with Crippen LogP contribution in [0.4, 0.5) is 5.13 Å². The summed E-state index contributed by atoms with van der Waals surface area (Å²) in [7, 11) is 0. The third kappa shape index (κ3) is 3.14. The van der Waals surface area contributed by atoms with Gasteiger partial charge < -0.3 is 0 Å². The predicted molar refractivity (Wildman–Crippen MR) is 102 cm³/mol. The van der Waals surface area contributed by atoms with Crippen LogP contribution in [0, 0.1) is 6.92 Å². The summed E-state index contributed by atoms with van der Waals surface area (Å²) in [4.78, 5) is 21.7. The molecule has 25 heavy (non-hydrogen) atoms. The van der Waals surface area contributed by atoms with Crippen LogP contribution in [-0.2, 0) is 0 Å². The summed E-state index contributed by atoms with van der Waals surface area (Å²) in [5.74, 6) is -0.178. The summed E-state index contributed by atoms with van der Waals surface area (Å²) in [6.07, 6.45) is 1.67. The van der Waals surface area contributed by atoms with Crippen molar-refractivity contribution in [3.8, 4) is 11.3 Å². The molecule has 0 bridgehead atoms. The number of nitrogens with zero attached hydrogens (tertiary/aromatic N) is 2. The summed E-state index contributed by atoms with van der Waals surface area (Å²) in [5, 5.41) is 6.11. The maximum Gasteiger partial charge on any atom is 0.258 e. The van der Waals surface area contributed by atoms with Crippen LogP contribution in [0.5, 0.6) is 0 Å². The summed E-state index contributed by atoms with van der Waals surface area (Å²) in [5.41, 5.74) is 4.32. The number of hydrogen-bond donors (Lipinski definition) is 1. The smallest absolute Gasteiger partial charge is 0.258 e. The average molecular weight is 345 g/mol. The summed E-state index contributed by atoms with van der Waals surface area (Å²) < 4.78 is 0. The van der Waals surface area contributed by atoms with Gasteiger partial charge in [-0.3, -0.25) is 10.1 Å². The molecular formula is C20H15N3OS. The van der Waals surface area contributed by atoms with E-state index in [-0.39, 0.29) is 5.91 Å². The van der Waals surface area contributed by atoms with Crippen molar-refractivity contribution in [3.05, 3.63) is 77.3 Å². The molecule has 0 unspecified atom stereocenters. The highest BCUT2D eigenvalue weighted by atomic mass is 32.1. The number of thiazole rings is 1. The lowest BCUT2D eigenvalue weighted by atomic mass is 10.0. The zero-order valence-corrected chi connectivity index (χ0v) is 14.4. The Bertz CT molecular complexity index is 1060. The predicted octanol–water partition coefficient (Wildman–Crippen LogP) is 4.92. The second kappa shape index (κ2) is 6.45. The van der Waals surface area contributed by atoms with Crippen molar-refractivity contribution in [2.24, 2.45) is 0 Å². The maximum absolute atomic E-state index is 12.8. The summed E-state index contributed by atoms with van der Waals surface area (Å²) in [6, 6.07) is 17.6. The number of hydrogen-bond acceptors (Lipinski definition) is 4. The van der Waals surface area contributed by atoms with E-state index in [9.17, 15) is 4.79 Å². The lowest BCUT2D eigenvalue weighted by Crippen LogP contribution is -2.12. The number of rotatable bonds is 3. The molecule has 0 spiro atoms. The monoisotopic (exact) mass is 345 g/mol. The SMILES string of the molecule is Cc1cccc(-c2cc(C(=O)Nc3nccs3)c3ccccc3n2)c1. The van der Waals surface area contributed by atoms with Gasteiger partial charge in [0.15, 0.2) is 5.13 Å². The Morgan fingerprint density at radius 3 is 2.76 bits per heavy atom. The first-order valence-electron chi connectivity index (χ1n) is 7.88. The van der Waals surface area contributed by atoms with E-state index in [0.717, 1.165) is 27.7 Å². The fourth-order valence-electron chi connectivity index (χ4n) is 2.77. The number of para-hydroxylation sites is 1. The van der Waals surface area contributed by atoms with Gasteiger partial charge in [-0.05, 0) is 25.1 Å².